The van der Waals surface area contributed by atoms with Gasteiger partial charge in [-0.05, 0) is 31.5 Å². The van der Waals surface area contributed by atoms with E-state index in [4.69, 9.17) is 0 Å². The van der Waals surface area contributed by atoms with Gasteiger partial charge in [0.15, 0.2) is 0 Å². The molecule has 0 aliphatic heterocycles. The Morgan fingerprint density at radius 1 is 1.53 bits per heavy atom. The Hall–Kier alpha value is -1.03. The highest BCUT2D eigenvalue weighted by Gasteiger charge is 2.13. The van der Waals surface area contributed by atoms with Crippen LogP contribution in [0.25, 0.3) is 0 Å². The Bertz CT molecular complexity index is 393. The van der Waals surface area contributed by atoms with Gasteiger partial charge in [-0.1, -0.05) is 35.7 Å². The van der Waals surface area contributed by atoms with Crippen LogP contribution in [0.5, 0.6) is 5.75 Å². The second-order valence-corrected chi connectivity index (χ2v) is 5.09. The van der Waals surface area contributed by atoms with E-state index >= 15 is 0 Å². The van der Waals surface area contributed by atoms with Crippen LogP contribution in [0, 0.1) is 0 Å². The molecule has 0 heterocycles. The Morgan fingerprint density at radius 2 is 2.24 bits per heavy atom. The minimum atomic E-state index is -0.229. The molecule has 4 heteroatoms. The molecule has 0 radical (unpaired) electrons. The van der Waals surface area contributed by atoms with E-state index < -0.39 is 0 Å². The van der Waals surface area contributed by atoms with Crippen molar-refractivity contribution in [2.24, 2.45) is 0 Å². The minimum absolute atomic E-state index is 0.00777. The highest BCUT2D eigenvalue weighted by molar-refractivity contribution is 9.10. The number of rotatable bonds is 5. The number of nitrogens with one attached hydrogen (secondary N) is 1. The molecule has 94 valence electrons. The normalized spacial score (nSPS) is 12.2. The molecule has 1 unspecified atom stereocenters. The summed E-state index contributed by atoms with van der Waals surface area (Å²) in [5, 5.41) is 12.5. The predicted molar refractivity (Wildman–Crippen MR) is 72.3 cm³/mol. The third kappa shape index (κ3) is 4.38. The van der Waals surface area contributed by atoms with Gasteiger partial charge < -0.3 is 10.4 Å². The maximum Gasteiger partial charge on any atom is 0.255 e. The smallest absolute Gasteiger partial charge is 0.255 e. The summed E-state index contributed by atoms with van der Waals surface area (Å²) in [6.45, 7) is 4.09. The standard InChI is InChI=1S/C13H18BrNO2/c1-3-4-5-9(2)15-13(17)11-8-10(14)6-7-12(11)16/h6-9,16H,3-5H2,1-2H3,(H,15,17). The van der Waals surface area contributed by atoms with Crippen LogP contribution in [0.15, 0.2) is 22.7 Å². The molecule has 0 aromatic heterocycles. The number of carbonyl (C=O) groups excluding carboxylic acids is 1. The minimum Gasteiger partial charge on any atom is -0.507 e. The van der Waals surface area contributed by atoms with E-state index in [9.17, 15) is 9.90 Å². The molecule has 1 atom stereocenters. The largest absolute Gasteiger partial charge is 0.507 e. The van der Waals surface area contributed by atoms with Gasteiger partial charge in [-0.2, -0.15) is 0 Å². The molecule has 1 rings (SSSR count). The molecule has 1 aromatic rings. The summed E-state index contributed by atoms with van der Waals surface area (Å²) in [6.07, 6.45) is 3.16. The van der Waals surface area contributed by atoms with Crippen LogP contribution in [-0.2, 0) is 0 Å². The van der Waals surface area contributed by atoms with Gasteiger partial charge in [0.25, 0.3) is 5.91 Å². The highest BCUT2D eigenvalue weighted by Crippen LogP contribution is 2.21. The van der Waals surface area contributed by atoms with Crippen LogP contribution in [0.1, 0.15) is 43.5 Å². The lowest BCUT2D eigenvalue weighted by atomic mass is 10.1. The molecule has 0 fully saturated rings. The average Bonchev–Trinajstić information content (AvgIpc) is 2.29. The number of unbranched alkanes of at least 4 members (excludes halogenated alkanes) is 1. The van der Waals surface area contributed by atoms with Gasteiger partial charge in [-0.15, -0.1) is 0 Å². The van der Waals surface area contributed by atoms with Gasteiger partial charge in [0, 0.05) is 10.5 Å². The van der Waals surface area contributed by atoms with Crippen LogP contribution in [0.4, 0.5) is 0 Å². The topological polar surface area (TPSA) is 49.3 Å². The fourth-order valence-corrected chi connectivity index (χ4v) is 1.94. The molecule has 0 aliphatic carbocycles. The SMILES string of the molecule is CCCCC(C)NC(=O)c1cc(Br)ccc1O. The van der Waals surface area contributed by atoms with Crippen molar-refractivity contribution in [2.75, 3.05) is 0 Å². The Kier molecular flexibility index (Phi) is 5.48. The number of hydrogen-bond acceptors (Lipinski definition) is 2. The summed E-state index contributed by atoms with van der Waals surface area (Å²) in [5.74, 6) is -0.221. The van der Waals surface area contributed by atoms with Crippen molar-refractivity contribution >= 4 is 21.8 Å². The lowest BCUT2D eigenvalue weighted by Gasteiger charge is -2.14. The van der Waals surface area contributed by atoms with E-state index in [0.717, 1.165) is 23.7 Å². The summed E-state index contributed by atoms with van der Waals surface area (Å²) in [4.78, 5) is 11.9. The first-order valence-corrected chi connectivity index (χ1v) is 6.63. The van der Waals surface area contributed by atoms with Crippen LogP contribution < -0.4 is 5.32 Å². The van der Waals surface area contributed by atoms with Crippen molar-refractivity contribution in [3.8, 4) is 5.75 Å². The van der Waals surface area contributed by atoms with E-state index in [1.807, 2.05) is 6.92 Å². The highest BCUT2D eigenvalue weighted by atomic mass is 79.9. The Labute approximate surface area is 110 Å². The van der Waals surface area contributed by atoms with Crippen molar-refractivity contribution in [1.29, 1.82) is 0 Å². The van der Waals surface area contributed by atoms with E-state index in [1.54, 1.807) is 12.1 Å². The zero-order valence-electron chi connectivity index (χ0n) is 10.2. The molecular weight excluding hydrogens is 282 g/mol. The van der Waals surface area contributed by atoms with Gasteiger partial charge in [0.05, 0.1) is 5.56 Å². The first-order chi connectivity index (χ1) is 8.04. The Balaban J connectivity index is 2.66. The summed E-state index contributed by atoms with van der Waals surface area (Å²) in [5.41, 5.74) is 0.308. The molecule has 3 nitrogen and oxygen atoms in total. The quantitative estimate of drug-likeness (QED) is 0.875. The number of amides is 1. The number of halogens is 1. The summed E-state index contributed by atoms with van der Waals surface area (Å²) < 4.78 is 0.779. The van der Waals surface area contributed by atoms with Crippen LogP contribution in [0.3, 0.4) is 0 Å². The molecule has 0 spiro atoms. The molecular formula is C13H18BrNO2. The zero-order valence-corrected chi connectivity index (χ0v) is 11.8. The van der Waals surface area contributed by atoms with Gasteiger partial charge in [0.2, 0.25) is 0 Å². The second-order valence-electron chi connectivity index (χ2n) is 4.18. The second kappa shape index (κ2) is 6.64. The maximum absolute atomic E-state index is 11.9. The lowest BCUT2D eigenvalue weighted by molar-refractivity contribution is 0.0935. The third-order valence-electron chi connectivity index (χ3n) is 2.57. The van der Waals surface area contributed by atoms with Crippen molar-refractivity contribution in [2.45, 2.75) is 39.2 Å². The summed E-state index contributed by atoms with van der Waals surface area (Å²) in [7, 11) is 0. The van der Waals surface area contributed by atoms with E-state index in [0.29, 0.717) is 5.56 Å². The molecule has 1 aromatic carbocycles. The molecule has 0 saturated carbocycles. The monoisotopic (exact) mass is 299 g/mol. The summed E-state index contributed by atoms with van der Waals surface area (Å²) in [6, 6.07) is 4.96. The van der Waals surface area contributed by atoms with Crippen molar-refractivity contribution in [3.63, 3.8) is 0 Å². The maximum atomic E-state index is 11.9. The van der Waals surface area contributed by atoms with E-state index in [-0.39, 0.29) is 17.7 Å². The van der Waals surface area contributed by atoms with E-state index in [2.05, 4.69) is 28.2 Å². The molecule has 2 N–H and O–H groups in total. The molecule has 0 bridgehead atoms. The van der Waals surface area contributed by atoms with Gasteiger partial charge in [-0.25, -0.2) is 0 Å². The molecule has 0 saturated heterocycles. The predicted octanol–water partition coefficient (Wildman–Crippen LogP) is 3.46. The van der Waals surface area contributed by atoms with Gasteiger partial charge in [-0.3, -0.25) is 4.79 Å². The number of benzene rings is 1. The third-order valence-corrected chi connectivity index (χ3v) is 3.06. The molecule has 17 heavy (non-hydrogen) atoms. The van der Waals surface area contributed by atoms with Crippen LogP contribution in [0.2, 0.25) is 0 Å². The van der Waals surface area contributed by atoms with Crippen molar-refractivity contribution < 1.29 is 9.90 Å². The van der Waals surface area contributed by atoms with E-state index in [1.165, 1.54) is 6.07 Å². The van der Waals surface area contributed by atoms with Crippen molar-refractivity contribution in [1.82, 2.24) is 5.32 Å². The Morgan fingerprint density at radius 3 is 2.88 bits per heavy atom. The molecule has 1 amide bonds. The zero-order chi connectivity index (χ0) is 12.8. The van der Waals surface area contributed by atoms with Gasteiger partial charge in [0.1, 0.15) is 5.75 Å². The van der Waals surface area contributed by atoms with Crippen LogP contribution in [-0.4, -0.2) is 17.1 Å². The number of aromatic hydroxyl groups is 1. The first-order valence-electron chi connectivity index (χ1n) is 5.84. The van der Waals surface area contributed by atoms with Crippen molar-refractivity contribution in [3.05, 3.63) is 28.2 Å². The summed E-state index contributed by atoms with van der Waals surface area (Å²) >= 11 is 3.28. The fraction of sp³-hybridized carbons (Fsp3) is 0.462. The lowest BCUT2D eigenvalue weighted by Crippen LogP contribution is -2.32. The average molecular weight is 300 g/mol. The fourth-order valence-electron chi connectivity index (χ4n) is 1.57. The number of phenolic OH excluding ortho intramolecular Hbond substituents is 1. The number of carbonyl (C=O) groups is 1. The number of hydrogen-bond donors (Lipinski definition) is 2. The van der Waals surface area contributed by atoms with Gasteiger partial charge >= 0.3 is 0 Å². The molecule has 0 aliphatic rings. The van der Waals surface area contributed by atoms with Crippen LogP contribution >= 0.6 is 15.9 Å². The number of phenols is 1. The first kappa shape index (κ1) is 14.0.